The summed E-state index contributed by atoms with van der Waals surface area (Å²) in [5.41, 5.74) is 1.02. The first kappa shape index (κ1) is 21.4. The predicted octanol–water partition coefficient (Wildman–Crippen LogP) is 2.26. The van der Waals surface area contributed by atoms with E-state index >= 15 is 0 Å². The zero-order valence-electron chi connectivity index (χ0n) is 15.9. The van der Waals surface area contributed by atoms with E-state index in [1.807, 2.05) is 12.3 Å². The lowest BCUT2D eigenvalue weighted by Crippen LogP contribution is -2.48. The van der Waals surface area contributed by atoms with E-state index in [0.29, 0.717) is 5.75 Å². The fraction of sp³-hybridized carbons (Fsp3) is 0.368. The van der Waals surface area contributed by atoms with E-state index in [1.165, 1.54) is 17.4 Å². The number of carbonyl (C=O) groups is 3. The zero-order valence-corrected chi connectivity index (χ0v) is 16.7. The summed E-state index contributed by atoms with van der Waals surface area (Å²) >= 11 is 1.52. The number of aryl methyl sites for hydroxylation is 1. The Bertz CT molecular complexity index is 817. The molecule has 150 valence electrons. The summed E-state index contributed by atoms with van der Waals surface area (Å²) in [4.78, 5) is 40.8. The molecule has 1 N–H and O–H groups in total. The number of ether oxygens (including phenoxy) is 3. The van der Waals surface area contributed by atoms with Crippen LogP contribution in [0.4, 0.5) is 0 Å². The Balaban J connectivity index is 2.06. The summed E-state index contributed by atoms with van der Waals surface area (Å²) in [7, 11) is 0. The molecule has 1 aromatic carbocycles. The number of amides is 1. The van der Waals surface area contributed by atoms with Gasteiger partial charge in [0.2, 0.25) is 6.04 Å². The molecule has 0 aliphatic carbocycles. The molecular formula is C19H22N2O6S. The summed E-state index contributed by atoms with van der Waals surface area (Å²) in [6.45, 7) is 5.53. The molecule has 0 fully saturated rings. The molecule has 1 amide bonds. The Morgan fingerprint density at radius 2 is 1.82 bits per heavy atom. The van der Waals surface area contributed by atoms with E-state index in [-0.39, 0.29) is 25.4 Å². The van der Waals surface area contributed by atoms with Gasteiger partial charge in [-0.2, -0.15) is 0 Å². The first-order valence-corrected chi connectivity index (χ1v) is 9.60. The molecule has 0 unspecified atom stereocenters. The SMILES string of the molecule is CCOC(=O)C(NC(=O)c1cccc(OCc2csc(C)n2)c1)C(=O)OCC. The van der Waals surface area contributed by atoms with Crippen LogP contribution in [-0.2, 0) is 25.7 Å². The summed E-state index contributed by atoms with van der Waals surface area (Å²) in [5, 5.41) is 5.19. The molecule has 1 aromatic heterocycles. The van der Waals surface area contributed by atoms with Crippen LogP contribution in [0.15, 0.2) is 29.6 Å². The molecule has 0 aliphatic heterocycles. The largest absolute Gasteiger partial charge is 0.487 e. The Morgan fingerprint density at radius 3 is 2.39 bits per heavy atom. The molecule has 8 nitrogen and oxygen atoms in total. The van der Waals surface area contributed by atoms with Gasteiger partial charge in [-0.3, -0.25) is 4.79 Å². The minimum absolute atomic E-state index is 0.0734. The van der Waals surface area contributed by atoms with Crippen molar-refractivity contribution >= 4 is 29.2 Å². The first-order chi connectivity index (χ1) is 13.4. The minimum Gasteiger partial charge on any atom is -0.487 e. The maximum absolute atomic E-state index is 12.5. The first-order valence-electron chi connectivity index (χ1n) is 8.72. The van der Waals surface area contributed by atoms with Gasteiger partial charge in [0.15, 0.2) is 0 Å². The standard InChI is InChI=1S/C19H22N2O6S/c1-4-25-18(23)16(19(24)26-5-2)21-17(22)13-7-6-8-15(9-13)27-10-14-11-28-12(3)20-14/h6-9,11,16H,4-5,10H2,1-3H3,(H,21,22). The van der Waals surface area contributed by atoms with Gasteiger partial charge in [0, 0.05) is 10.9 Å². The normalized spacial score (nSPS) is 10.4. The monoisotopic (exact) mass is 406 g/mol. The zero-order chi connectivity index (χ0) is 20.5. The summed E-state index contributed by atoms with van der Waals surface area (Å²) in [6, 6.07) is 4.87. The van der Waals surface area contributed by atoms with Crippen molar-refractivity contribution in [1.82, 2.24) is 10.3 Å². The van der Waals surface area contributed by atoms with Gasteiger partial charge in [-0.1, -0.05) is 6.07 Å². The lowest BCUT2D eigenvalue weighted by Gasteiger charge is -2.16. The number of aromatic nitrogens is 1. The van der Waals surface area contributed by atoms with Gasteiger partial charge in [0.1, 0.15) is 12.4 Å². The van der Waals surface area contributed by atoms with Crippen molar-refractivity contribution in [2.75, 3.05) is 13.2 Å². The Labute approximate surface area is 166 Å². The smallest absolute Gasteiger partial charge is 0.340 e. The molecule has 28 heavy (non-hydrogen) atoms. The predicted molar refractivity (Wildman–Crippen MR) is 102 cm³/mol. The molecule has 0 radical (unpaired) electrons. The number of esters is 2. The van der Waals surface area contributed by atoms with Crippen LogP contribution in [0.1, 0.15) is 34.9 Å². The number of rotatable bonds is 9. The van der Waals surface area contributed by atoms with Crippen LogP contribution in [0.2, 0.25) is 0 Å². The van der Waals surface area contributed by atoms with Crippen LogP contribution >= 0.6 is 11.3 Å². The quantitative estimate of drug-likeness (QED) is 0.503. The number of nitrogens with zero attached hydrogens (tertiary/aromatic N) is 1. The average molecular weight is 406 g/mol. The third-order valence-electron chi connectivity index (χ3n) is 3.47. The number of hydrogen-bond acceptors (Lipinski definition) is 8. The van der Waals surface area contributed by atoms with Crippen LogP contribution < -0.4 is 10.1 Å². The van der Waals surface area contributed by atoms with Crippen molar-refractivity contribution in [2.24, 2.45) is 0 Å². The Morgan fingerprint density at radius 1 is 1.14 bits per heavy atom. The van der Waals surface area contributed by atoms with Crippen LogP contribution in [0.5, 0.6) is 5.75 Å². The highest BCUT2D eigenvalue weighted by Gasteiger charge is 2.31. The van der Waals surface area contributed by atoms with Crippen molar-refractivity contribution in [2.45, 2.75) is 33.4 Å². The highest BCUT2D eigenvalue weighted by Crippen LogP contribution is 2.16. The topological polar surface area (TPSA) is 104 Å². The lowest BCUT2D eigenvalue weighted by molar-refractivity contribution is -0.157. The van der Waals surface area contributed by atoms with Gasteiger partial charge in [-0.05, 0) is 39.0 Å². The fourth-order valence-electron chi connectivity index (χ4n) is 2.24. The molecule has 1 heterocycles. The molecular weight excluding hydrogens is 384 g/mol. The van der Waals surface area contributed by atoms with E-state index in [0.717, 1.165) is 10.7 Å². The second-order valence-corrected chi connectivity index (χ2v) is 6.65. The highest BCUT2D eigenvalue weighted by atomic mass is 32.1. The minimum atomic E-state index is -1.53. The maximum atomic E-state index is 12.5. The highest BCUT2D eigenvalue weighted by molar-refractivity contribution is 7.09. The van der Waals surface area contributed by atoms with Gasteiger partial charge < -0.3 is 19.5 Å². The molecule has 0 atom stereocenters. The van der Waals surface area contributed by atoms with Crippen molar-refractivity contribution in [1.29, 1.82) is 0 Å². The molecule has 0 saturated carbocycles. The van der Waals surface area contributed by atoms with Crippen molar-refractivity contribution in [3.8, 4) is 5.75 Å². The summed E-state index contributed by atoms with van der Waals surface area (Å²) in [6.07, 6.45) is 0. The second kappa shape index (κ2) is 10.4. The van der Waals surface area contributed by atoms with Gasteiger partial charge in [0.05, 0.1) is 23.9 Å². The van der Waals surface area contributed by atoms with E-state index in [1.54, 1.807) is 32.0 Å². The maximum Gasteiger partial charge on any atom is 0.340 e. The number of thiazole rings is 1. The van der Waals surface area contributed by atoms with E-state index in [9.17, 15) is 14.4 Å². The number of hydrogen-bond donors (Lipinski definition) is 1. The van der Waals surface area contributed by atoms with Gasteiger partial charge in [-0.25, -0.2) is 14.6 Å². The van der Waals surface area contributed by atoms with E-state index in [4.69, 9.17) is 14.2 Å². The average Bonchev–Trinajstić information content (AvgIpc) is 3.10. The lowest BCUT2D eigenvalue weighted by atomic mass is 10.2. The Hall–Kier alpha value is -2.94. The number of carbonyl (C=O) groups excluding carboxylic acids is 3. The van der Waals surface area contributed by atoms with Crippen molar-refractivity contribution < 1.29 is 28.6 Å². The molecule has 0 spiro atoms. The fourth-order valence-corrected chi connectivity index (χ4v) is 2.84. The number of nitrogens with one attached hydrogen (secondary N) is 1. The van der Waals surface area contributed by atoms with Crippen LogP contribution in [0.3, 0.4) is 0 Å². The van der Waals surface area contributed by atoms with Crippen LogP contribution in [-0.4, -0.2) is 42.1 Å². The molecule has 9 heteroatoms. The molecule has 2 aromatic rings. The van der Waals surface area contributed by atoms with Gasteiger partial charge >= 0.3 is 11.9 Å². The summed E-state index contributed by atoms with van der Waals surface area (Å²) < 4.78 is 15.3. The van der Waals surface area contributed by atoms with E-state index in [2.05, 4.69) is 10.3 Å². The third-order valence-corrected chi connectivity index (χ3v) is 4.29. The van der Waals surface area contributed by atoms with Gasteiger partial charge in [0.25, 0.3) is 5.91 Å². The van der Waals surface area contributed by atoms with Crippen molar-refractivity contribution in [3.05, 3.63) is 45.9 Å². The summed E-state index contributed by atoms with van der Waals surface area (Å²) in [5.74, 6) is -1.91. The Kier molecular flexibility index (Phi) is 7.94. The molecule has 0 aliphatic rings. The van der Waals surface area contributed by atoms with Crippen LogP contribution in [0.25, 0.3) is 0 Å². The molecule has 0 bridgehead atoms. The molecule has 0 saturated heterocycles. The van der Waals surface area contributed by atoms with E-state index < -0.39 is 23.9 Å². The number of benzene rings is 1. The van der Waals surface area contributed by atoms with Crippen molar-refractivity contribution in [3.63, 3.8) is 0 Å². The van der Waals surface area contributed by atoms with Gasteiger partial charge in [-0.15, -0.1) is 11.3 Å². The second-order valence-electron chi connectivity index (χ2n) is 5.58. The molecule has 2 rings (SSSR count). The third kappa shape index (κ3) is 6.05. The van der Waals surface area contributed by atoms with Crippen LogP contribution in [0, 0.1) is 6.92 Å².